The number of nitrogens with zero attached hydrogens (tertiary/aromatic N) is 8. The number of benzene rings is 1. The van der Waals surface area contributed by atoms with Crippen molar-refractivity contribution in [3.05, 3.63) is 53.6 Å². The maximum atomic E-state index is 5.10. The van der Waals surface area contributed by atoms with E-state index in [0.29, 0.717) is 35.5 Å². The van der Waals surface area contributed by atoms with Crippen molar-refractivity contribution in [3.8, 4) is 11.4 Å². The zero-order valence-corrected chi connectivity index (χ0v) is 15.6. The second-order valence-corrected chi connectivity index (χ2v) is 6.58. The number of aryl methyl sites for hydroxylation is 1. The Hall–Kier alpha value is -3.46. The van der Waals surface area contributed by atoms with E-state index in [9.17, 15) is 0 Å². The highest BCUT2D eigenvalue weighted by molar-refractivity contribution is 5.67. The third-order valence-electron chi connectivity index (χ3n) is 4.82. The number of aromatic nitrogens is 7. The summed E-state index contributed by atoms with van der Waals surface area (Å²) < 4.78 is 6.77. The molecule has 4 aromatic rings. The van der Waals surface area contributed by atoms with Crippen molar-refractivity contribution in [1.29, 1.82) is 0 Å². The molecule has 0 atom stereocenters. The minimum Gasteiger partial charge on any atom is -0.377 e. The lowest BCUT2D eigenvalue weighted by Gasteiger charge is -2.17. The Labute approximate surface area is 161 Å². The van der Waals surface area contributed by atoms with Crippen molar-refractivity contribution in [2.75, 3.05) is 18.6 Å². The average molecular weight is 374 g/mol. The molecule has 0 N–H and O–H groups in total. The first-order chi connectivity index (χ1) is 13.7. The summed E-state index contributed by atoms with van der Waals surface area (Å²) in [7, 11) is 1.61. The van der Waals surface area contributed by atoms with Crippen LogP contribution >= 0.6 is 0 Å². The lowest BCUT2D eigenvalue weighted by atomic mass is 10.2. The highest BCUT2D eigenvalue weighted by Crippen LogP contribution is 2.33. The lowest BCUT2D eigenvalue weighted by molar-refractivity contribution is 0.178. The highest BCUT2D eigenvalue weighted by Gasteiger charge is 2.23. The molecule has 0 saturated heterocycles. The van der Waals surface area contributed by atoms with Gasteiger partial charge in [-0.2, -0.15) is 9.50 Å². The molecule has 0 saturated carbocycles. The van der Waals surface area contributed by atoms with E-state index in [0.717, 1.165) is 24.3 Å². The topological polar surface area (TPSA) is 94.2 Å². The molecule has 0 spiro atoms. The number of hydrogen-bond acceptors (Lipinski definition) is 8. The van der Waals surface area contributed by atoms with Crippen LogP contribution in [0.4, 0.5) is 11.6 Å². The van der Waals surface area contributed by atoms with Crippen LogP contribution in [0.1, 0.15) is 17.1 Å². The van der Waals surface area contributed by atoms with Crippen LogP contribution in [0.25, 0.3) is 17.2 Å². The minimum atomic E-state index is 0.324. The molecule has 1 aromatic carbocycles. The highest BCUT2D eigenvalue weighted by atomic mass is 16.5. The quantitative estimate of drug-likeness (QED) is 0.536. The molecule has 1 aliphatic heterocycles. The van der Waals surface area contributed by atoms with Crippen molar-refractivity contribution < 1.29 is 4.74 Å². The Balaban J connectivity index is 1.56. The summed E-state index contributed by atoms with van der Waals surface area (Å²) in [5.41, 5.74) is 4.62. The molecule has 140 valence electrons. The fourth-order valence-corrected chi connectivity index (χ4v) is 3.49. The van der Waals surface area contributed by atoms with Crippen LogP contribution in [0.3, 0.4) is 0 Å². The molecule has 5 rings (SSSR count). The largest absolute Gasteiger partial charge is 0.377 e. The zero-order valence-electron chi connectivity index (χ0n) is 15.6. The summed E-state index contributed by atoms with van der Waals surface area (Å²) in [6.45, 7) is 3.11. The SMILES string of the molecule is COCc1nc2nnc(-c3ccnc(N4CCc5ccccc54)n3)c(C)n2n1. The summed E-state index contributed by atoms with van der Waals surface area (Å²) in [4.78, 5) is 15.7. The van der Waals surface area contributed by atoms with Gasteiger partial charge in [0.05, 0.1) is 11.4 Å². The summed E-state index contributed by atoms with van der Waals surface area (Å²) in [6, 6.07) is 10.2. The third kappa shape index (κ3) is 2.67. The lowest BCUT2D eigenvalue weighted by Crippen LogP contribution is -2.16. The Morgan fingerprint density at radius 1 is 1.11 bits per heavy atom. The van der Waals surface area contributed by atoms with E-state index in [2.05, 4.69) is 48.4 Å². The number of para-hydroxylation sites is 1. The standard InChI is InChI=1S/C19H18N8O/c1-12-17(23-24-19-22-16(11-28-2)25-27(12)19)14-7-9-20-18(21-14)26-10-8-13-5-3-4-6-15(13)26/h3-7,9H,8,10-11H2,1-2H3. The Bertz CT molecular complexity index is 1170. The number of anilines is 2. The van der Waals surface area contributed by atoms with Gasteiger partial charge in [-0.05, 0) is 31.0 Å². The Morgan fingerprint density at radius 2 is 2.00 bits per heavy atom. The molecule has 1 aliphatic rings. The summed E-state index contributed by atoms with van der Waals surface area (Å²) in [6.07, 6.45) is 2.73. The van der Waals surface area contributed by atoms with Crippen molar-refractivity contribution in [2.45, 2.75) is 20.0 Å². The maximum Gasteiger partial charge on any atom is 0.272 e. The Morgan fingerprint density at radius 3 is 2.89 bits per heavy atom. The van der Waals surface area contributed by atoms with Gasteiger partial charge in [0, 0.05) is 25.5 Å². The molecule has 3 aromatic heterocycles. The molecule has 0 amide bonds. The molecule has 0 bridgehead atoms. The van der Waals surface area contributed by atoms with Crippen molar-refractivity contribution in [3.63, 3.8) is 0 Å². The predicted octanol–water partition coefficient (Wildman–Crippen LogP) is 2.13. The molecule has 9 nitrogen and oxygen atoms in total. The van der Waals surface area contributed by atoms with Crippen LogP contribution in [-0.2, 0) is 17.8 Å². The van der Waals surface area contributed by atoms with Gasteiger partial charge in [0.15, 0.2) is 5.82 Å². The first-order valence-corrected chi connectivity index (χ1v) is 9.01. The van der Waals surface area contributed by atoms with Gasteiger partial charge >= 0.3 is 0 Å². The second-order valence-electron chi connectivity index (χ2n) is 6.58. The predicted molar refractivity (Wildman–Crippen MR) is 102 cm³/mol. The van der Waals surface area contributed by atoms with Crippen molar-refractivity contribution >= 4 is 17.4 Å². The molecule has 28 heavy (non-hydrogen) atoms. The fourth-order valence-electron chi connectivity index (χ4n) is 3.49. The van der Waals surface area contributed by atoms with Gasteiger partial charge in [0.2, 0.25) is 5.95 Å². The first kappa shape index (κ1) is 16.7. The summed E-state index contributed by atoms with van der Waals surface area (Å²) in [5.74, 6) is 1.66. The maximum absolute atomic E-state index is 5.10. The number of methoxy groups -OCH3 is 1. The van der Waals surface area contributed by atoms with Gasteiger partial charge in [0.1, 0.15) is 12.3 Å². The average Bonchev–Trinajstić information content (AvgIpc) is 3.33. The number of fused-ring (bicyclic) bond motifs is 2. The summed E-state index contributed by atoms with van der Waals surface area (Å²) >= 11 is 0. The van der Waals surface area contributed by atoms with E-state index in [-0.39, 0.29) is 0 Å². The minimum absolute atomic E-state index is 0.324. The van der Waals surface area contributed by atoms with Crippen molar-refractivity contribution in [2.24, 2.45) is 0 Å². The van der Waals surface area contributed by atoms with Crippen LogP contribution in [0.2, 0.25) is 0 Å². The molecule has 0 aliphatic carbocycles. The Kier molecular flexibility index (Phi) is 3.94. The monoisotopic (exact) mass is 374 g/mol. The number of hydrogen-bond donors (Lipinski definition) is 0. The van der Waals surface area contributed by atoms with Gasteiger partial charge in [-0.3, -0.25) is 0 Å². The summed E-state index contributed by atoms with van der Waals surface area (Å²) in [5, 5.41) is 13.0. The van der Waals surface area contributed by atoms with Gasteiger partial charge in [0.25, 0.3) is 5.78 Å². The molecule has 0 unspecified atom stereocenters. The number of rotatable bonds is 4. The van der Waals surface area contributed by atoms with Crippen LogP contribution in [0, 0.1) is 6.92 Å². The van der Waals surface area contributed by atoms with E-state index < -0.39 is 0 Å². The molecular formula is C19H18N8O. The fraction of sp³-hybridized carbons (Fsp3) is 0.263. The van der Waals surface area contributed by atoms with E-state index in [1.165, 1.54) is 5.56 Å². The third-order valence-corrected chi connectivity index (χ3v) is 4.82. The van der Waals surface area contributed by atoms with Crippen LogP contribution in [0.5, 0.6) is 0 Å². The molecule has 0 fully saturated rings. The second kappa shape index (κ2) is 6.61. The van der Waals surface area contributed by atoms with Crippen LogP contribution < -0.4 is 4.90 Å². The smallest absolute Gasteiger partial charge is 0.272 e. The number of ether oxygens (including phenoxy) is 1. The van der Waals surface area contributed by atoms with Gasteiger partial charge in [-0.15, -0.1) is 15.3 Å². The van der Waals surface area contributed by atoms with Gasteiger partial charge < -0.3 is 9.64 Å². The van der Waals surface area contributed by atoms with E-state index in [4.69, 9.17) is 9.72 Å². The zero-order chi connectivity index (χ0) is 19.1. The molecular weight excluding hydrogens is 356 g/mol. The normalized spacial score (nSPS) is 13.3. The van der Waals surface area contributed by atoms with Gasteiger partial charge in [-0.1, -0.05) is 18.2 Å². The molecule has 0 radical (unpaired) electrons. The van der Waals surface area contributed by atoms with Gasteiger partial charge in [-0.25, -0.2) is 9.97 Å². The van der Waals surface area contributed by atoms with E-state index in [1.54, 1.807) is 17.8 Å². The molecule has 4 heterocycles. The van der Waals surface area contributed by atoms with Crippen LogP contribution in [-0.4, -0.2) is 48.4 Å². The van der Waals surface area contributed by atoms with Crippen LogP contribution in [0.15, 0.2) is 36.5 Å². The molecule has 9 heteroatoms. The van der Waals surface area contributed by atoms with E-state index in [1.807, 2.05) is 19.1 Å². The van der Waals surface area contributed by atoms with E-state index >= 15 is 0 Å². The van der Waals surface area contributed by atoms with Crippen molar-refractivity contribution in [1.82, 2.24) is 34.8 Å². The first-order valence-electron chi connectivity index (χ1n) is 9.01.